The first kappa shape index (κ1) is 18.2. The first-order valence-electron chi connectivity index (χ1n) is 5.20. The van der Waals surface area contributed by atoms with Gasteiger partial charge in [-0.1, -0.05) is 12.2 Å². The van der Waals surface area contributed by atoms with Gasteiger partial charge in [-0.25, -0.2) is 4.39 Å². The van der Waals surface area contributed by atoms with Crippen LogP contribution in [0.2, 0.25) is 0 Å². The van der Waals surface area contributed by atoms with Gasteiger partial charge in [0.05, 0.1) is 0 Å². The van der Waals surface area contributed by atoms with Crippen LogP contribution in [0.25, 0.3) is 0 Å². The molecule has 122 valence electrons. The van der Waals surface area contributed by atoms with E-state index >= 15 is 0 Å². The fourth-order valence-corrected chi connectivity index (χ4v) is 2.45. The van der Waals surface area contributed by atoms with Gasteiger partial charge in [-0.05, 0) is 28.4 Å². The molecule has 0 radical (unpaired) electrons. The zero-order chi connectivity index (χ0) is 16.7. The van der Waals surface area contributed by atoms with E-state index in [1.54, 1.807) is 0 Å². The summed E-state index contributed by atoms with van der Waals surface area (Å²) in [6.07, 6.45) is -5.04. The standard InChI is InChI=1S/C10H8BrF8NO/c11-9(15,16)8(14,10(17,18)19)7(20)4-2-1-3-5(7)21-6(12)13/h1-3,6H,4,20H2. The maximum atomic E-state index is 14.3. The fraction of sp³-hybridized carbons (Fsp3) is 0.600. The summed E-state index contributed by atoms with van der Waals surface area (Å²) in [6, 6.07) is 0. The van der Waals surface area contributed by atoms with Gasteiger partial charge in [0.1, 0.15) is 11.3 Å². The smallest absolute Gasteiger partial charge is 0.431 e. The summed E-state index contributed by atoms with van der Waals surface area (Å²) in [5.41, 5.74) is -3.82. The van der Waals surface area contributed by atoms with Crippen LogP contribution in [-0.2, 0) is 4.74 Å². The molecule has 0 fully saturated rings. The number of nitrogens with two attached hydrogens (primary N) is 1. The summed E-state index contributed by atoms with van der Waals surface area (Å²) in [6.45, 7) is -3.66. The van der Waals surface area contributed by atoms with Gasteiger partial charge in [0.15, 0.2) is 0 Å². The van der Waals surface area contributed by atoms with Crippen LogP contribution in [0.1, 0.15) is 6.42 Å². The van der Waals surface area contributed by atoms with Crippen LogP contribution in [-0.4, -0.2) is 28.8 Å². The van der Waals surface area contributed by atoms with E-state index < -0.39 is 41.0 Å². The molecule has 0 aromatic rings. The summed E-state index contributed by atoms with van der Waals surface area (Å²) < 4.78 is 108. The Hall–Kier alpha value is -0.840. The van der Waals surface area contributed by atoms with Crippen LogP contribution < -0.4 is 5.73 Å². The number of ether oxygens (including phenoxy) is 1. The lowest BCUT2D eigenvalue weighted by Crippen LogP contribution is -2.72. The molecule has 0 aromatic carbocycles. The van der Waals surface area contributed by atoms with Crippen LogP contribution in [0.15, 0.2) is 24.0 Å². The second-order valence-corrected chi connectivity index (χ2v) is 5.16. The summed E-state index contributed by atoms with van der Waals surface area (Å²) >= 11 is 1.30. The highest BCUT2D eigenvalue weighted by Gasteiger charge is 2.80. The van der Waals surface area contributed by atoms with Crippen molar-refractivity contribution in [3.63, 3.8) is 0 Å². The van der Waals surface area contributed by atoms with Gasteiger partial charge in [0, 0.05) is 0 Å². The van der Waals surface area contributed by atoms with Gasteiger partial charge in [0.25, 0.3) is 0 Å². The summed E-state index contributed by atoms with van der Waals surface area (Å²) in [5.74, 6) is -1.43. The van der Waals surface area contributed by atoms with Crippen molar-refractivity contribution >= 4 is 15.9 Å². The summed E-state index contributed by atoms with van der Waals surface area (Å²) in [7, 11) is 0. The molecule has 2 unspecified atom stereocenters. The molecule has 1 rings (SSSR count). The molecule has 2 N–H and O–H groups in total. The molecule has 0 aliphatic heterocycles. The molecular formula is C10H8BrF8NO. The SMILES string of the molecule is NC1(C(F)(C(F)(F)F)C(F)(F)Br)CC=CC=C1OC(F)F. The zero-order valence-corrected chi connectivity index (χ0v) is 11.5. The predicted molar refractivity (Wildman–Crippen MR) is 59.6 cm³/mol. The van der Waals surface area contributed by atoms with Crippen molar-refractivity contribution in [2.75, 3.05) is 0 Å². The molecule has 0 heterocycles. The second-order valence-electron chi connectivity index (χ2n) is 4.17. The molecule has 0 spiro atoms. The molecule has 0 bridgehead atoms. The third-order valence-electron chi connectivity index (χ3n) is 2.88. The van der Waals surface area contributed by atoms with Crippen molar-refractivity contribution in [2.45, 2.75) is 35.2 Å². The number of hydrogen-bond acceptors (Lipinski definition) is 2. The van der Waals surface area contributed by atoms with E-state index in [2.05, 4.69) is 4.74 Å². The quantitative estimate of drug-likeness (QED) is 0.582. The average Bonchev–Trinajstić information content (AvgIpc) is 2.27. The van der Waals surface area contributed by atoms with E-state index in [0.717, 1.165) is 12.2 Å². The maximum Gasteiger partial charge on any atom is 0.431 e. The number of allylic oxidation sites excluding steroid dienone is 2. The Balaban J connectivity index is 3.48. The van der Waals surface area contributed by atoms with E-state index in [4.69, 9.17) is 5.73 Å². The van der Waals surface area contributed by atoms with Gasteiger partial charge in [-0.2, -0.15) is 30.7 Å². The highest BCUT2D eigenvalue weighted by molar-refractivity contribution is 9.10. The highest BCUT2D eigenvalue weighted by atomic mass is 79.9. The van der Waals surface area contributed by atoms with Gasteiger partial charge in [0.2, 0.25) is 0 Å². The number of alkyl halides is 9. The Labute approximate surface area is 121 Å². The van der Waals surface area contributed by atoms with Crippen LogP contribution in [0, 0.1) is 0 Å². The minimum absolute atomic E-state index is 0.481. The summed E-state index contributed by atoms with van der Waals surface area (Å²) in [5, 5.41) is 0. The Morgan fingerprint density at radius 3 is 2.10 bits per heavy atom. The highest BCUT2D eigenvalue weighted by Crippen LogP contribution is 2.57. The molecule has 0 amide bonds. The monoisotopic (exact) mass is 389 g/mol. The minimum Gasteiger partial charge on any atom is -0.437 e. The van der Waals surface area contributed by atoms with Crippen LogP contribution in [0.5, 0.6) is 0 Å². The van der Waals surface area contributed by atoms with Gasteiger partial charge >= 0.3 is 23.3 Å². The zero-order valence-electron chi connectivity index (χ0n) is 9.90. The normalized spacial score (nSPS) is 26.5. The predicted octanol–water partition coefficient (Wildman–Crippen LogP) is 4.03. The Morgan fingerprint density at radius 2 is 1.71 bits per heavy atom. The van der Waals surface area contributed by atoms with Crippen molar-refractivity contribution in [1.29, 1.82) is 0 Å². The van der Waals surface area contributed by atoms with E-state index in [1.807, 2.05) is 0 Å². The third kappa shape index (κ3) is 2.89. The lowest BCUT2D eigenvalue weighted by molar-refractivity contribution is -0.299. The molecule has 0 saturated carbocycles. The van der Waals surface area contributed by atoms with Crippen LogP contribution in [0.3, 0.4) is 0 Å². The number of hydrogen-bond donors (Lipinski definition) is 1. The van der Waals surface area contributed by atoms with Crippen molar-refractivity contribution in [3.05, 3.63) is 24.0 Å². The molecule has 2 atom stereocenters. The lowest BCUT2D eigenvalue weighted by atomic mass is 9.75. The Kier molecular flexibility index (Phi) is 4.70. The topological polar surface area (TPSA) is 35.2 Å². The maximum absolute atomic E-state index is 14.3. The molecule has 11 heteroatoms. The lowest BCUT2D eigenvalue weighted by Gasteiger charge is -2.46. The molecule has 2 nitrogen and oxygen atoms in total. The van der Waals surface area contributed by atoms with Crippen molar-refractivity contribution < 1.29 is 39.9 Å². The molecular weight excluding hydrogens is 382 g/mol. The van der Waals surface area contributed by atoms with Gasteiger partial charge in [-0.15, -0.1) is 0 Å². The summed E-state index contributed by atoms with van der Waals surface area (Å²) in [4.78, 5) is -5.18. The fourth-order valence-electron chi connectivity index (χ4n) is 1.88. The minimum atomic E-state index is -6.16. The molecule has 21 heavy (non-hydrogen) atoms. The molecule has 1 aliphatic rings. The third-order valence-corrected chi connectivity index (χ3v) is 3.42. The molecule has 0 aromatic heterocycles. The van der Waals surface area contributed by atoms with E-state index in [1.165, 1.54) is 15.9 Å². The Morgan fingerprint density at radius 1 is 1.19 bits per heavy atom. The van der Waals surface area contributed by atoms with Gasteiger partial charge < -0.3 is 10.5 Å². The van der Waals surface area contributed by atoms with Crippen LogP contribution in [0.4, 0.5) is 35.1 Å². The second kappa shape index (κ2) is 5.41. The van der Waals surface area contributed by atoms with Crippen molar-refractivity contribution in [1.82, 2.24) is 0 Å². The largest absolute Gasteiger partial charge is 0.437 e. The number of rotatable bonds is 4. The first-order valence-corrected chi connectivity index (χ1v) is 6.00. The van der Waals surface area contributed by atoms with E-state index in [-0.39, 0.29) is 0 Å². The molecule has 0 saturated heterocycles. The average molecular weight is 390 g/mol. The van der Waals surface area contributed by atoms with Crippen LogP contribution >= 0.6 is 15.9 Å². The van der Waals surface area contributed by atoms with E-state index in [0.29, 0.717) is 6.08 Å². The first-order chi connectivity index (χ1) is 9.27. The Bertz CT molecular complexity index is 441. The van der Waals surface area contributed by atoms with Gasteiger partial charge in [-0.3, -0.25) is 0 Å². The number of halogens is 9. The van der Waals surface area contributed by atoms with E-state index in [9.17, 15) is 35.1 Å². The van der Waals surface area contributed by atoms with Crippen molar-refractivity contribution in [2.24, 2.45) is 5.73 Å². The molecule has 1 aliphatic carbocycles. The van der Waals surface area contributed by atoms with Crippen molar-refractivity contribution in [3.8, 4) is 0 Å².